The molecule has 0 N–H and O–H groups in total. The number of aryl methyl sites for hydroxylation is 1. The van der Waals surface area contributed by atoms with Crippen LogP contribution in [0, 0.1) is 16.4 Å². The Kier molecular flexibility index (Phi) is 10.4. The first kappa shape index (κ1) is 27.3. The zero-order chi connectivity index (χ0) is 25.3. The lowest BCUT2D eigenvalue weighted by molar-refractivity contribution is 0.302. The third kappa shape index (κ3) is 6.77. The van der Waals surface area contributed by atoms with E-state index in [2.05, 4.69) is 32.0 Å². The molecular formula is C33H45FOS. The Morgan fingerprint density at radius 2 is 1.44 bits per heavy atom. The summed E-state index contributed by atoms with van der Waals surface area (Å²) in [5.41, 5.74) is 2.41. The summed E-state index contributed by atoms with van der Waals surface area (Å²) in [5, 5.41) is 2.79. The van der Waals surface area contributed by atoms with E-state index in [1.54, 1.807) is 0 Å². The van der Waals surface area contributed by atoms with Gasteiger partial charge in [-0.2, -0.15) is 0 Å². The van der Waals surface area contributed by atoms with Crippen LogP contribution in [0.15, 0.2) is 34.7 Å². The van der Waals surface area contributed by atoms with E-state index in [1.165, 1.54) is 89.0 Å². The molecule has 1 nitrogen and oxygen atoms in total. The number of halogens is 1. The predicted octanol–water partition coefficient (Wildman–Crippen LogP) is 11.6. The van der Waals surface area contributed by atoms with Gasteiger partial charge in [-0.25, -0.2) is 4.39 Å². The fourth-order valence-electron chi connectivity index (χ4n) is 6.19. The fraction of sp³-hybridized carbons (Fsp3) is 0.606. The van der Waals surface area contributed by atoms with E-state index in [0.29, 0.717) is 16.2 Å². The molecule has 3 aromatic rings. The standard InChI is InChI=1S/C33H45FOS/c1-3-5-7-8-9-10-11-12-13-24-15-17-25(18-16-24)27-20-21-28-29-22-19-26(14-6-4-2)31(34)32(29)35-33(36)30(28)23-27/h19-25H,3-18H2,1-2H3. The maximum Gasteiger partial charge on any atom is 0.198 e. The number of fused-ring (bicyclic) bond motifs is 3. The van der Waals surface area contributed by atoms with Gasteiger partial charge in [0, 0.05) is 10.8 Å². The fourth-order valence-corrected chi connectivity index (χ4v) is 6.44. The van der Waals surface area contributed by atoms with Crippen molar-refractivity contribution >= 4 is 34.0 Å². The molecule has 0 atom stereocenters. The number of hydrogen-bond acceptors (Lipinski definition) is 2. The molecule has 1 fully saturated rings. The molecule has 0 saturated heterocycles. The van der Waals surface area contributed by atoms with Crippen LogP contribution >= 0.6 is 12.2 Å². The molecule has 0 radical (unpaired) electrons. The first-order valence-electron chi connectivity index (χ1n) is 14.8. The van der Waals surface area contributed by atoms with Gasteiger partial charge in [-0.3, -0.25) is 0 Å². The molecular weight excluding hydrogens is 463 g/mol. The van der Waals surface area contributed by atoms with E-state index in [4.69, 9.17) is 16.6 Å². The van der Waals surface area contributed by atoms with E-state index in [-0.39, 0.29) is 5.82 Å². The summed E-state index contributed by atoms with van der Waals surface area (Å²) in [7, 11) is 0. The summed E-state index contributed by atoms with van der Waals surface area (Å²) in [4.78, 5) is 0. The van der Waals surface area contributed by atoms with Crippen molar-refractivity contribution < 1.29 is 8.81 Å². The molecule has 1 aliphatic carbocycles. The van der Waals surface area contributed by atoms with Gasteiger partial charge >= 0.3 is 0 Å². The normalized spacial score (nSPS) is 18.3. The third-order valence-corrected chi connectivity index (χ3v) is 8.81. The monoisotopic (exact) mass is 508 g/mol. The van der Waals surface area contributed by atoms with Crippen molar-refractivity contribution in [1.29, 1.82) is 0 Å². The van der Waals surface area contributed by atoms with Crippen molar-refractivity contribution in [1.82, 2.24) is 0 Å². The Morgan fingerprint density at radius 1 is 0.778 bits per heavy atom. The summed E-state index contributed by atoms with van der Waals surface area (Å²) >= 11 is 5.62. The second-order valence-electron chi connectivity index (χ2n) is 11.2. The van der Waals surface area contributed by atoms with Gasteiger partial charge < -0.3 is 4.42 Å². The van der Waals surface area contributed by atoms with Crippen LogP contribution in [-0.2, 0) is 6.42 Å². The zero-order valence-corrected chi connectivity index (χ0v) is 23.4. The SMILES string of the molecule is CCCCCCCCCCC1CCC(c2ccc3c(c2)c(=S)oc2c(F)c(CCCC)ccc23)CC1. The van der Waals surface area contributed by atoms with Crippen LogP contribution in [0.3, 0.4) is 0 Å². The first-order chi connectivity index (χ1) is 17.6. The van der Waals surface area contributed by atoms with Crippen LogP contribution in [0.5, 0.6) is 0 Å². The number of unbranched alkanes of at least 4 members (excludes halogenated alkanes) is 8. The smallest absolute Gasteiger partial charge is 0.198 e. The van der Waals surface area contributed by atoms with Crippen molar-refractivity contribution in [2.45, 2.75) is 122 Å². The Labute approximate surface area is 222 Å². The van der Waals surface area contributed by atoms with Gasteiger partial charge in [0.1, 0.15) is 0 Å². The largest absolute Gasteiger partial charge is 0.441 e. The van der Waals surface area contributed by atoms with E-state index in [9.17, 15) is 0 Å². The van der Waals surface area contributed by atoms with Crippen LogP contribution < -0.4 is 0 Å². The molecule has 0 aliphatic heterocycles. The number of benzene rings is 2. The second kappa shape index (κ2) is 13.7. The second-order valence-corrected chi connectivity index (χ2v) is 11.6. The van der Waals surface area contributed by atoms with Crippen molar-refractivity contribution in [3.63, 3.8) is 0 Å². The molecule has 0 spiro atoms. The van der Waals surface area contributed by atoms with Crippen LogP contribution in [0.4, 0.5) is 4.39 Å². The molecule has 1 heterocycles. The van der Waals surface area contributed by atoms with E-state index in [1.807, 2.05) is 12.1 Å². The van der Waals surface area contributed by atoms with Gasteiger partial charge in [-0.15, -0.1) is 0 Å². The quantitative estimate of drug-likeness (QED) is 0.129. The minimum absolute atomic E-state index is 0.243. The highest BCUT2D eigenvalue weighted by Crippen LogP contribution is 2.40. The third-order valence-electron chi connectivity index (χ3n) is 8.51. The van der Waals surface area contributed by atoms with Crippen molar-refractivity contribution in [3.8, 4) is 0 Å². The molecule has 1 saturated carbocycles. The van der Waals surface area contributed by atoms with Gasteiger partial charge in [0.2, 0.25) is 0 Å². The van der Waals surface area contributed by atoms with E-state index >= 15 is 4.39 Å². The minimum atomic E-state index is -0.243. The molecule has 1 aromatic heterocycles. The molecule has 0 bridgehead atoms. The highest BCUT2D eigenvalue weighted by molar-refractivity contribution is 7.71. The predicted molar refractivity (Wildman–Crippen MR) is 155 cm³/mol. The lowest BCUT2D eigenvalue weighted by Crippen LogP contribution is -2.13. The average Bonchev–Trinajstić information content (AvgIpc) is 2.90. The molecule has 36 heavy (non-hydrogen) atoms. The molecule has 2 aromatic carbocycles. The molecule has 3 heteroatoms. The van der Waals surface area contributed by atoms with Crippen LogP contribution in [-0.4, -0.2) is 0 Å². The van der Waals surface area contributed by atoms with Crippen LogP contribution in [0.2, 0.25) is 0 Å². The summed E-state index contributed by atoms with van der Waals surface area (Å²) < 4.78 is 21.5. The average molecular weight is 509 g/mol. The maximum absolute atomic E-state index is 15.2. The van der Waals surface area contributed by atoms with Gasteiger partial charge in [0.15, 0.2) is 16.1 Å². The Bertz CT molecular complexity index is 1170. The van der Waals surface area contributed by atoms with Crippen LogP contribution in [0.25, 0.3) is 21.7 Å². The van der Waals surface area contributed by atoms with Gasteiger partial charge in [-0.1, -0.05) is 102 Å². The molecule has 1 aliphatic rings. The first-order valence-corrected chi connectivity index (χ1v) is 15.2. The molecule has 196 valence electrons. The molecule has 0 unspecified atom stereocenters. The summed E-state index contributed by atoms with van der Waals surface area (Å²) in [6, 6.07) is 10.6. The lowest BCUT2D eigenvalue weighted by atomic mass is 9.76. The van der Waals surface area contributed by atoms with Crippen molar-refractivity contribution in [2.24, 2.45) is 5.92 Å². The Morgan fingerprint density at radius 3 is 2.17 bits per heavy atom. The Hall–Kier alpha value is -1.74. The number of rotatable bonds is 13. The van der Waals surface area contributed by atoms with Gasteiger partial charge in [0.25, 0.3) is 0 Å². The van der Waals surface area contributed by atoms with E-state index in [0.717, 1.165) is 46.9 Å². The molecule has 4 rings (SSSR count). The zero-order valence-electron chi connectivity index (χ0n) is 22.5. The Balaban J connectivity index is 1.35. The summed E-state index contributed by atoms with van der Waals surface area (Å²) in [6.45, 7) is 4.41. The van der Waals surface area contributed by atoms with Crippen molar-refractivity contribution in [2.75, 3.05) is 0 Å². The highest BCUT2D eigenvalue weighted by Gasteiger charge is 2.23. The van der Waals surface area contributed by atoms with Crippen LogP contribution in [0.1, 0.15) is 127 Å². The lowest BCUT2D eigenvalue weighted by Gasteiger charge is -2.29. The minimum Gasteiger partial charge on any atom is -0.441 e. The van der Waals surface area contributed by atoms with E-state index < -0.39 is 0 Å². The maximum atomic E-state index is 15.2. The van der Waals surface area contributed by atoms with Gasteiger partial charge in [-0.05, 0) is 85.2 Å². The number of hydrogen-bond donors (Lipinski definition) is 0. The topological polar surface area (TPSA) is 13.1 Å². The highest BCUT2D eigenvalue weighted by atomic mass is 32.1. The summed E-state index contributed by atoms with van der Waals surface area (Å²) in [5.74, 6) is 1.26. The summed E-state index contributed by atoms with van der Waals surface area (Å²) in [6.07, 6.45) is 20.6. The molecule has 0 amide bonds. The van der Waals surface area contributed by atoms with Gasteiger partial charge in [0.05, 0.1) is 0 Å². The van der Waals surface area contributed by atoms with Crippen molar-refractivity contribution in [3.05, 3.63) is 52.0 Å².